The predicted molar refractivity (Wildman–Crippen MR) is 49.6 cm³/mol. The molecule has 0 fully saturated rings. The Morgan fingerprint density at radius 1 is 1.25 bits per heavy atom. The number of hydrogen-bond donors (Lipinski definition) is 1. The van der Waals surface area contributed by atoms with E-state index in [1.807, 2.05) is 6.92 Å². The molecule has 0 aliphatic carbocycles. The van der Waals surface area contributed by atoms with Crippen LogP contribution in [0.2, 0.25) is 0 Å². The third-order valence-electron chi connectivity index (χ3n) is 1.20. The molecule has 0 aliphatic heterocycles. The first-order chi connectivity index (χ1) is 5.45. The molecule has 0 spiro atoms. The monoisotopic (exact) mass is 196 g/mol. The highest BCUT2D eigenvalue weighted by molar-refractivity contribution is 7.40. The molecule has 1 unspecified atom stereocenters. The van der Waals surface area contributed by atoms with Crippen molar-refractivity contribution >= 4 is 8.60 Å². The van der Waals surface area contributed by atoms with Gasteiger partial charge < -0.3 is 18.4 Å². The Balaban J connectivity index is 3.31. The topological polar surface area (TPSA) is 38.7 Å². The Morgan fingerprint density at radius 3 is 2.25 bits per heavy atom. The second-order valence-electron chi connectivity index (χ2n) is 3.50. The highest BCUT2D eigenvalue weighted by Gasteiger charge is 2.10. The molecule has 0 heterocycles. The Hall–Kier alpha value is 0.270. The normalized spacial score (nSPS) is 14.8. The fourth-order valence-electron chi connectivity index (χ4n) is 0.540. The molecule has 74 valence electrons. The van der Waals surface area contributed by atoms with Crippen LogP contribution in [-0.4, -0.2) is 50.3 Å². The molecule has 0 aromatic rings. The van der Waals surface area contributed by atoms with Crippen LogP contribution in [0.1, 0.15) is 6.92 Å². The van der Waals surface area contributed by atoms with E-state index in [-0.39, 0.29) is 0 Å². The summed E-state index contributed by atoms with van der Waals surface area (Å²) in [5, 5.41) is 0. The Labute approximate surface area is 75.7 Å². The summed E-state index contributed by atoms with van der Waals surface area (Å²) in [6.45, 7) is 3.72. The second kappa shape index (κ2) is 5.84. The van der Waals surface area contributed by atoms with Crippen LogP contribution < -0.4 is 0 Å². The van der Waals surface area contributed by atoms with Gasteiger partial charge in [0.2, 0.25) is 0 Å². The molecule has 0 amide bonds. The van der Waals surface area contributed by atoms with E-state index in [1.54, 1.807) is 0 Å². The number of nitrogens with zero attached hydrogens (tertiary/aromatic N) is 1. The zero-order valence-corrected chi connectivity index (χ0v) is 9.17. The van der Waals surface area contributed by atoms with Gasteiger partial charge in [-0.1, -0.05) is 0 Å². The standard InChI is InChI=1S/C7H19NO3P/c1-5-10-12(9)11-7-6-8(2,3)4/h9H,5-7H2,1-4H3/q+1. The molecular formula is C7H19NO3P+. The van der Waals surface area contributed by atoms with Crippen molar-refractivity contribution in [1.29, 1.82) is 0 Å². The van der Waals surface area contributed by atoms with E-state index in [9.17, 15) is 0 Å². The van der Waals surface area contributed by atoms with Crippen molar-refractivity contribution in [2.75, 3.05) is 40.9 Å². The summed E-state index contributed by atoms with van der Waals surface area (Å²) in [6.07, 6.45) is 0. The molecule has 0 saturated carbocycles. The number of hydrogen-bond acceptors (Lipinski definition) is 3. The average molecular weight is 196 g/mol. The predicted octanol–water partition coefficient (Wildman–Crippen LogP) is 0.965. The minimum Gasteiger partial charge on any atom is -0.329 e. The average Bonchev–Trinajstić information content (AvgIpc) is 1.84. The van der Waals surface area contributed by atoms with Gasteiger partial charge in [-0.25, -0.2) is 0 Å². The second-order valence-corrected chi connectivity index (χ2v) is 4.49. The first-order valence-electron chi connectivity index (χ1n) is 4.01. The van der Waals surface area contributed by atoms with Crippen LogP contribution in [0.15, 0.2) is 0 Å². The molecule has 12 heavy (non-hydrogen) atoms. The van der Waals surface area contributed by atoms with Gasteiger partial charge in [-0.15, -0.1) is 0 Å². The summed E-state index contributed by atoms with van der Waals surface area (Å²) in [6, 6.07) is 0. The maximum atomic E-state index is 9.06. The summed E-state index contributed by atoms with van der Waals surface area (Å²) in [5.41, 5.74) is 0. The lowest BCUT2D eigenvalue weighted by Gasteiger charge is -2.23. The van der Waals surface area contributed by atoms with Crippen LogP contribution in [0, 0.1) is 0 Å². The number of quaternary nitrogens is 1. The van der Waals surface area contributed by atoms with Crippen LogP contribution in [0.3, 0.4) is 0 Å². The summed E-state index contributed by atoms with van der Waals surface area (Å²) >= 11 is 0. The zero-order chi connectivity index (χ0) is 9.61. The van der Waals surface area contributed by atoms with Crippen LogP contribution in [0.25, 0.3) is 0 Å². The number of rotatable bonds is 6. The van der Waals surface area contributed by atoms with Crippen LogP contribution in [0.4, 0.5) is 0 Å². The Morgan fingerprint density at radius 2 is 1.83 bits per heavy atom. The highest BCUT2D eigenvalue weighted by atomic mass is 31.2. The van der Waals surface area contributed by atoms with Crippen molar-refractivity contribution in [3.8, 4) is 0 Å². The van der Waals surface area contributed by atoms with Gasteiger partial charge in [0.1, 0.15) is 13.2 Å². The first-order valence-corrected chi connectivity index (χ1v) is 5.14. The van der Waals surface area contributed by atoms with E-state index in [0.29, 0.717) is 13.2 Å². The van der Waals surface area contributed by atoms with Crippen molar-refractivity contribution in [2.24, 2.45) is 0 Å². The van der Waals surface area contributed by atoms with Gasteiger partial charge in [-0.2, -0.15) is 0 Å². The number of likely N-dealkylation sites (N-methyl/N-ethyl adjacent to an activating group) is 1. The highest BCUT2D eigenvalue weighted by Crippen LogP contribution is 2.31. The molecule has 4 nitrogen and oxygen atoms in total. The molecule has 0 aliphatic rings. The van der Waals surface area contributed by atoms with Gasteiger partial charge in [0, 0.05) is 0 Å². The molecular weight excluding hydrogens is 177 g/mol. The lowest BCUT2D eigenvalue weighted by molar-refractivity contribution is -0.870. The quantitative estimate of drug-likeness (QED) is 0.508. The van der Waals surface area contributed by atoms with Crippen LogP contribution >= 0.6 is 8.60 Å². The first kappa shape index (κ1) is 12.3. The lowest BCUT2D eigenvalue weighted by Crippen LogP contribution is -2.37. The minimum atomic E-state index is -1.64. The van der Waals surface area contributed by atoms with E-state index in [1.165, 1.54) is 0 Å². The summed E-state index contributed by atoms with van der Waals surface area (Å²) in [4.78, 5) is 9.06. The Kier molecular flexibility index (Phi) is 5.97. The Bertz CT molecular complexity index is 116. The van der Waals surface area contributed by atoms with Crippen molar-refractivity contribution in [1.82, 2.24) is 0 Å². The van der Waals surface area contributed by atoms with E-state index in [4.69, 9.17) is 13.9 Å². The minimum absolute atomic E-state index is 0.493. The molecule has 0 saturated heterocycles. The van der Waals surface area contributed by atoms with Crippen LogP contribution in [0.5, 0.6) is 0 Å². The smallest absolute Gasteiger partial charge is 0.329 e. The molecule has 0 rings (SSSR count). The molecule has 1 atom stereocenters. The fourth-order valence-corrected chi connectivity index (χ4v) is 1.07. The van der Waals surface area contributed by atoms with E-state index in [2.05, 4.69) is 21.1 Å². The molecule has 1 N–H and O–H groups in total. The third-order valence-corrected chi connectivity index (χ3v) is 2.09. The van der Waals surface area contributed by atoms with Crippen molar-refractivity contribution in [3.63, 3.8) is 0 Å². The van der Waals surface area contributed by atoms with E-state index in [0.717, 1.165) is 11.0 Å². The molecule has 0 bridgehead atoms. The largest absolute Gasteiger partial charge is 0.330 e. The molecule has 0 aromatic heterocycles. The lowest BCUT2D eigenvalue weighted by atomic mass is 10.5. The van der Waals surface area contributed by atoms with Crippen LogP contribution in [-0.2, 0) is 9.05 Å². The van der Waals surface area contributed by atoms with Gasteiger partial charge in [0.15, 0.2) is 0 Å². The van der Waals surface area contributed by atoms with Gasteiger partial charge in [-0.05, 0) is 6.92 Å². The summed E-state index contributed by atoms with van der Waals surface area (Å²) < 4.78 is 10.7. The SMILES string of the molecule is CCOP(O)OCC[N+](C)(C)C. The fraction of sp³-hybridized carbons (Fsp3) is 1.00. The van der Waals surface area contributed by atoms with Gasteiger partial charge >= 0.3 is 8.60 Å². The maximum Gasteiger partial charge on any atom is 0.330 e. The van der Waals surface area contributed by atoms with Gasteiger partial charge in [0.05, 0.1) is 27.7 Å². The molecule has 0 radical (unpaired) electrons. The van der Waals surface area contributed by atoms with Gasteiger partial charge in [0.25, 0.3) is 0 Å². The molecule has 5 heteroatoms. The van der Waals surface area contributed by atoms with Gasteiger partial charge in [-0.3, -0.25) is 0 Å². The molecule has 0 aromatic carbocycles. The zero-order valence-electron chi connectivity index (χ0n) is 8.28. The van der Waals surface area contributed by atoms with E-state index >= 15 is 0 Å². The summed E-state index contributed by atoms with van der Waals surface area (Å²) in [7, 11) is 4.58. The maximum absolute atomic E-state index is 9.06. The van der Waals surface area contributed by atoms with Crippen molar-refractivity contribution < 1.29 is 18.4 Å². The van der Waals surface area contributed by atoms with Crippen molar-refractivity contribution in [3.05, 3.63) is 0 Å². The van der Waals surface area contributed by atoms with Crippen molar-refractivity contribution in [2.45, 2.75) is 6.92 Å². The summed E-state index contributed by atoms with van der Waals surface area (Å²) in [5.74, 6) is 0. The van der Waals surface area contributed by atoms with E-state index < -0.39 is 8.60 Å². The third kappa shape index (κ3) is 8.37.